The Kier molecular flexibility index (Phi) is 42.3. The molecule has 0 amide bonds. The highest BCUT2D eigenvalue weighted by Crippen LogP contribution is 2.26. The molecule has 2 rings (SSSR count). The molecular formula is C67H116N2. The summed E-state index contributed by atoms with van der Waals surface area (Å²) in [5, 5.41) is 0. The molecule has 394 valence electrons. The second kappa shape index (κ2) is 46.6. The molecule has 0 spiro atoms. The summed E-state index contributed by atoms with van der Waals surface area (Å²) in [5.74, 6) is 0. The van der Waals surface area contributed by atoms with Crippen LogP contribution in [0.1, 0.15) is 327 Å². The van der Waals surface area contributed by atoms with Gasteiger partial charge in [-0.25, -0.2) is 4.99 Å². The Balaban J connectivity index is 1.98. The quantitative estimate of drug-likeness (QED) is 0.0466. The predicted octanol–water partition coefficient (Wildman–Crippen LogP) is 23.4. The zero-order valence-corrected chi connectivity index (χ0v) is 47.3. The Hall–Kier alpha value is -2.48. The Labute approximate surface area is 432 Å². The van der Waals surface area contributed by atoms with Crippen molar-refractivity contribution in [2.24, 2.45) is 9.98 Å². The summed E-state index contributed by atoms with van der Waals surface area (Å²) in [7, 11) is 0. The van der Waals surface area contributed by atoms with Gasteiger partial charge in [0.25, 0.3) is 0 Å². The summed E-state index contributed by atoms with van der Waals surface area (Å²) in [6.45, 7) is 13.9. The van der Waals surface area contributed by atoms with Crippen LogP contribution in [0.4, 0.5) is 11.4 Å². The first-order valence-corrected chi connectivity index (χ1v) is 31.1. The molecule has 0 bridgehead atoms. The first kappa shape index (κ1) is 62.6. The largest absolute Gasteiger partial charge is 0.251 e. The number of aryl methyl sites for hydroxylation is 4. The van der Waals surface area contributed by atoms with Gasteiger partial charge in [-0.1, -0.05) is 272 Å². The van der Waals surface area contributed by atoms with Crippen molar-refractivity contribution in [1.82, 2.24) is 0 Å². The minimum Gasteiger partial charge on any atom is -0.251 e. The second-order valence-corrected chi connectivity index (χ2v) is 21.7. The van der Waals surface area contributed by atoms with Gasteiger partial charge in [0.15, 0.2) is 0 Å². The smallest absolute Gasteiger partial charge is 0.0848 e. The van der Waals surface area contributed by atoms with Gasteiger partial charge >= 0.3 is 0 Å². The molecule has 2 heteroatoms. The number of hydrogen-bond acceptors (Lipinski definition) is 2. The van der Waals surface area contributed by atoms with Gasteiger partial charge in [-0.2, -0.15) is 0 Å². The molecule has 0 atom stereocenters. The van der Waals surface area contributed by atoms with Crippen molar-refractivity contribution < 1.29 is 0 Å². The number of allylic oxidation sites excluding steroid dienone is 2. The average Bonchev–Trinajstić information content (AvgIpc) is 3.36. The van der Waals surface area contributed by atoms with Crippen LogP contribution in [0, 0.1) is 0 Å². The van der Waals surface area contributed by atoms with Crippen molar-refractivity contribution in [3.63, 3.8) is 0 Å². The van der Waals surface area contributed by atoms with Crippen LogP contribution >= 0.6 is 0 Å². The Morgan fingerprint density at radius 1 is 0.304 bits per heavy atom. The van der Waals surface area contributed by atoms with E-state index in [1.807, 2.05) is 0 Å². The van der Waals surface area contributed by atoms with Crippen molar-refractivity contribution >= 4 is 22.8 Å². The summed E-state index contributed by atoms with van der Waals surface area (Å²) in [6.07, 6.45) is 64.9. The van der Waals surface area contributed by atoms with Gasteiger partial charge in [0, 0.05) is 0 Å². The van der Waals surface area contributed by atoms with Crippen LogP contribution in [0.25, 0.3) is 0 Å². The Bertz CT molecular complexity index is 1490. The van der Waals surface area contributed by atoms with Crippen molar-refractivity contribution in [3.8, 4) is 0 Å². The lowest BCUT2D eigenvalue weighted by atomic mass is 10.00. The molecule has 0 saturated carbocycles. The molecule has 0 aromatic heterocycles. The Morgan fingerprint density at radius 2 is 0.580 bits per heavy atom. The minimum atomic E-state index is 0.983. The molecule has 0 N–H and O–H groups in total. The summed E-state index contributed by atoms with van der Waals surface area (Å²) < 4.78 is 0. The van der Waals surface area contributed by atoms with E-state index >= 15 is 0 Å². The zero-order chi connectivity index (χ0) is 49.5. The van der Waals surface area contributed by atoms with E-state index in [0.717, 1.165) is 55.6 Å². The summed E-state index contributed by atoms with van der Waals surface area (Å²) in [4.78, 5) is 11.2. The van der Waals surface area contributed by atoms with Gasteiger partial charge in [0.1, 0.15) is 0 Å². The van der Waals surface area contributed by atoms with Crippen molar-refractivity contribution in [2.75, 3.05) is 0 Å². The number of aliphatic imine (C=N–C) groups is 2. The zero-order valence-electron chi connectivity index (χ0n) is 47.3. The third kappa shape index (κ3) is 35.3. The van der Waals surface area contributed by atoms with E-state index in [9.17, 15) is 0 Å². The minimum absolute atomic E-state index is 0.983. The van der Waals surface area contributed by atoms with Gasteiger partial charge in [0.05, 0.1) is 22.8 Å². The van der Waals surface area contributed by atoms with Gasteiger partial charge in [-0.05, 0) is 130 Å². The molecule has 2 aromatic rings. The summed E-state index contributed by atoms with van der Waals surface area (Å²) in [5.41, 5.74) is 10.3. The van der Waals surface area contributed by atoms with E-state index in [-0.39, 0.29) is 0 Å². The SMILES string of the molecule is CCCCCCCCCCCCCCCCCCCCCCCCCCCC=CC(=Nc1cc(CCCC)cc(CCCC)c1)C(CCCCCCCC)=Nc1cc(CCCC)cc(CCCC)c1. The molecule has 2 nitrogen and oxygen atoms in total. The van der Waals surface area contributed by atoms with Crippen LogP contribution < -0.4 is 0 Å². The van der Waals surface area contributed by atoms with E-state index in [4.69, 9.17) is 9.98 Å². The lowest BCUT2D eigenvalue weighted by Gasteiger charge is -2.12. The number of rotatable bonds is 49. The Morgan fingerprint density at radius 3 is 0.899 bits per heavy atom. The fourth-order valence-corrected chi connectivity index (χ4v) is 10.1. The average molecular weight is 950 g/mol. The maximum atomic E-state index is 5.62. The predicted molar refractivity (Wildman–Crippen MR) is 314 cm³/mol. The molecule has 0 heterocycles. The van der Waals surface area contributed by atoms with Crippen molar-refractivity contribution in [2.45, 2.75) is 330 Å². The lowest BCUT2D eigenvalue weighted by Crippen LogP contribution is -2.12. The number of unbranched alkanes of at least 4 members (excludes halogenated alkanes) is 34. The van der Waals surface area contributed by atoms with Gasteiger partial charge in [0.2, 0.25) is 0 Å². The second-order valence-electron chi connectivity index (χ2n) is 21.7. The molecule has 0 aliphatic heterocycles. The van der Waals surface area contributed by atoms with Crippen LogP contribution in [0.2, 0.25) is 0 Å². The van der Waals surface area contributed by atoms with Crippen LogP contribution in [-0.2, 0) is 25.7 Å². The third-order valence-corrected chi connectivity index (χ3v) is 14.7. The molecule has 0 fully saturated rings. The fourth-order valence-electron chi connectivity index (χ4n) is 10.1. The maximum absolute atomic E-state index is 5.62. The van der Waals surface area contributed by atoms with Gasteiger partial charge < -0.3 is 0 Å². The van der Waals surface area contributed by atoms with Crippen molar-refractivity contribution in [1.29, 1.82) is 0 Å². The van der Waals surface area contributed by atoms with E-state index < -0.39 is 0 Å². The molecule has 0 aliphatic carbocycles. The molecule has 69 heavy (non-hydrogen) atoms. The number of nitrogens with zero attached hydrogens (tertiary/aromatic N) is 2. The summed E-state index contributed by atoms with van der Waals surface area (Å²) >= 11 is 0. The number of hydrogen-bond donors (Lipinski definition) is 0. The lowest BCUT2D eigenvalue weighted by molar-refractivity contribution is 0.516. The number of benzene rings is 2. The fraction of sp³-hybridized carbons (Fsp3) is 0.761. The van der Waals surface area contributed by atoms with E-state index in [0.29, 0.717) is 0 Å². The standard InChI is InChI=1S/C67H116N2/c1-7-13-19-21-23-24-25-26-27-28-29-30-31-32-33-34-35-36-37-38-39-40-41-42-43-45-47-53-67(69-65-58-62(50-17-11-5)55-63(59-65)51-18-12-6)66(52-46-44-22-20-14-8-2)68-64-56-60(48-15-9-3)54-61(57-64)49-16-10-4/h47,53-59H,7-46,48-52H2,1-6H3. The van der Waals surface area contributed by atoms with Crippen LogP contribution in [0.5, 0.6) is 0 Å². The normalized spacial score (nSPS) is 12.3. The molecule has 2 aromatic carbocycles. The molecular weight excluding hydrogens is 833 g/mol. The first-order valence-electron chi connectivity index (χ1n) is 31.1. The van der Waals surface area contributed by atoms with Crippen molar-refractivity contribution in [3.05, 3.63) is 70.8 Å². The van der Waals surface area contributed by atoms with Crippen LogP contribution in [0.15, 0.2) is 58.5 Å². The summed E-state index contributed by atoms with van der Waals surface area (Å²) in [6, 6.07) is 14.5. The van der Waals surface area contributed by atoms with Crippen LogP contribution in [-0.4, -0.2) is 11.4 Å². The van der Waals surface area contributed by atoms with Crippen LogP contribution in [0.3, 0.4) is 0 Å². The molecule has 0 unspecified atom stereocenters. The van der Waals surface area contributed by atoms with E-state index in [1.54, 1.807) is 0 Å². The maximum Gasteiger partial charge on any atom is 0.0848 e. The molecule has 0 aliphatic rings. The first-order chi connectivity index (χ1) is 34.1. The van der Waals surface area contributed by atoms with E-state index in [2.05, 4.69) is 90.1 Å². The third-order valence-electron chi connectivity index (χ3n) is 14.7. The monoisotopic (exact) mass is 949 g/mol. The topological polar surface area (TPSA) is 24.7 Å². The molecule has 0 saturated heterocycles. The van der Waals surface area contributed by atoms with E-state index in [1.165, 1.54) is 278 Å². The highest BCUT2D eigenvalue weighted by Gasteiger charge is 2.12. The highest BCUT2D eigenvalue weighted by atomic mass is 14.8. The van der Waals surface area contributed by atoms with Gasteiger partial charge in [-0.15, -0.1) is 0 Å². The van der Waals surface area contributed by atoms with Gasteiger partial charge in [-0.3, -0.25) is 4.99 Å². The highest BCUT2D eigenvalue weighted by molar-refractivity contribution is 6.47. The molecule has 0 radical (unpaired) electrons.